The van der Waals surface area contributed by atoms with Crippen molar-refractivity contribution in [3.63, 3.8) is 0 Å². The molecule has 2 atom stereocenters. The van der Waals surface area contributed by atoms with Crippen LogP contribution in [0.4, 0.5) is 0 Å². The van der Waals surface area contributed by atoms with Gasteiger partial charge < -0.3 is 9.47 Å². The van der Waals surface area contributed by atoms with Gasteiger partial charge in [-0.1, -0.05) is 56.7 Å². The van der Waals surface area contributed by atoms with Gasteiger partial charge in [0.25, 0.3) is 0 Å². The molecule has 3 aromatic carbocycles. The summed E-state index contributed by atoms with van der Waals surface area (Å²) in [5.41, 5.74) is 4.54. The third-order valence-electron chi connectivity index (χ3n) is 6.11. The molecule has 2 unspecified atom stereocenters. The van der Waals surface area contributed by atoms with Crippen molar-refractivity contribution in [1.29, 1.82) is 0 Å². The van der Waals surface area contributed by atoms with Gasteiger partial charge >= 0.3 is 0 Å². The minimum Gasteiger partial charge on any atom is -0.462 e. The third kappa shape index (κ3) is 4.57. The third-order valence-corrected chi connectivity index (χ3v) is 6.11. The van der Waals surface area contributed by atoms with Crippen LogP contribution in [-0.2, 0) is 11.2 Å². The predicted octanol–water partition coefficient (Wildman–Crippen LogP) is 5.88. The molecule has 0 fully saturated rings. The highest BCUT2D eigenvalue weighted by atomic mass is 16.7. The van der Waals surface area contributed by atoms with E-state index in [4.69, 9.17) is 14.6 Å². The monoisotopic (exact) mass is 453 g/mol. The van der Waals surface area contributed by atoms with Crippen LogP contribution in [0.15, 0.2) is 79.1 Å². The highest BCUT2D eigenvalue weighted by molar-refractivity contribution is 6.10. The maximum atomic E-state index is 12.9. The van der Waals surface area contributed by atoms with Crippen molar-refractivity contribution in [1.82, 2.24) is 15.0 Å². The van der Waals surface area contributed by atoms with E-state index in [0.717, 1.165) is 18.5 Å². The normalized spacial score (nSPS) is 15.9. The average Bonchev–Trinajstić information content (AvgIpc) is 3.54. The molecule has 6 nitrogen and oxygen atoms in total. The number of fused-ring (bicyclic) bond motifs is 1. The molecule has 1 aliphatic heterocycles. The van der Waals surface area contributed by atoms with Crippen LogP contribution in [0.25, 0.3) is 16.7 Å². The Hall–Kier alpha value is -3.93. The molecule has 0 spiro atoms. The van der Waals surface area contributed by atoms with Crippen LogP contribution < -0.4 is 4.74 Å². The number of hydrogen-bond acceptors (Lipinski definition) is 5. The summed E-state index contributed by atoms with van der Waals surface area (Å²) in [4.78, 5) is 14.5. The van der Waals surface area contributed by atoms with Gasteiger partial charge in [-0.2, -0.15) is 0 Å². The number of ketones is 1. The number of carbonyl (C=O) groups excluding carboxylic acids is 1. The van der Waals surface area contributed by atoms with Crippen molar-refractivity contribution in [3.8, 4) is 11.4 Å². The summed E-state index contributed by atoms with van der Waals surface area (Å²) in [7, 11) is 0. The summed E-state index contributed by atoms with van der Waals surface area (Å²) in [5.74, 6) is 1.18. The van der Waals surface area contributed by atoms with Gasteiger partial charge in [0.05, 0.1) is 6.26 Å². The lowest BCUT2D eigenvalue weighted by atomic mass is 9.98. The van der Waals surface area contributed by atoms with Crippen LogP contribution in [0, 0.1) is 5.92 Å². The summed E-state index contributed by atoms with van der Waals surface area (Å²) < 4.78 is 11.6. The highest BCUT2D eigenvalue weighted by Crippen LogP contribution is 2.29. The number of nitrogens with zero attached hydrogens (tertiary/aromatic N) is 3. The van der Waals surface area contributed by atoms with Gasteiger partial charge in [0, 0.05) is 17.5 Å². The molecular formula is C28H27N3O3. The van der Waals surface area contributed by atoms with Crippen molar-refractivity contribution < 1.29 is 14.3 Å². The molecule has 1 aliphatic rings. The van der Waals surface area contributed by atoms with E-state index >= 15 is 0 Å². The Labute approximate surface area is 198 Å². The second-order valence-electron chi connectivity index (χ2n) is 8.70. The maximum absolute atomic E-state index is 12.9. The molecule has 6 heteroatoms. The number of ether oxygens (including phenoxy) is 2. The molecule has 0 saturated heterocycles. The summed E-state index contributed by atoms with van der Waals surface area (Å²) in [6.45, 7) is 4.44. The minimum absolute atomic E-state index is 0.0393. The second kappa shape index (κ2) is 9.51. The number of benzene rings is 3. The zero-order valence-corrected chi connectivity index (χ0v) is 19.3. The molecule has 4 aromatic rings. The van der Waals surface area contributed by atoms with E-state index in [0.29, 0.717) is 40.2 Å². The quantitative estimate of drug-likeness (QED) is 0.312. The van der Waals surface area contributed by atoms with Crippen LogP contribution in [0.1, 0.15) is 48.2 Å². The molecule has 34 heavy (non-hydrogen) atoms. The van der Waals surface area contributed by atoms with Gasteiger partial charge in [0.2, 0.25) is 6.29 Å². The van der Waals surface area contributed by atoms with Gasteiger partial charge in [-0.25, -0.2) is 0 Å². The fourth-order valence-corrected chi connectivity index (χ4v) is 4.00. The lowest BCUT2D eigenvalue weighted by molar-refractivity contribution is -0.0109. The van der Waals surface area contributed by atoms with Crippen molar-refractivity contribution in [2.24, 2.45) is 5.92 Å². The second-order valence-corrected chi connectivity index (χ2v) is 8.70. The number of hydrogen-bond donors (Lipinski definition) is 0. The molecule has 0 saturated carbocycles. The Morgan fingerprint density at radius 3 is 2.65 bits per heavy atom. The van der Waals surface area contributed by atoms with E-state index in [1.54, 1.807) is 23.2 Å². The summed E-state index contributed by atoms with van der Waals surface area (Å²) in [6.07, 6.45) is 5.99. The summed E-state index contributed by atoms with van der Waals surface area (Å²) in [6, 6.07) is 20.8. The zero-order valence-electron chi connectivity index (χ0n) is 19.3. The minimum atomic E-state index is -0.362. The fraction of sp³-hybridized carbons (Fsp3) is 0.250. The Balaban J connectivity index is 1.51. The van der Waals surface area contributed by atoms with Crippen LogP contribution in [0.5, 0.6) is 5.75 Å². The van der Waals surface area contributed by atoms with E-state index in [-0.39, 0.29) is 12.1 Å². The van der Waals surface area contributed by atoms with Crippen LogP contribution in [0.3, 0.4) is 0 Å². The molecule has 0 amide bonds. The number of carbonyl (C=O) groups is 1. The van der Waals surface area contributed by atoms with Crippen molar-refractivity contribution >= 4 is 16.8 Å². The Morgan fingerprint density at radius 1 is 1.06 bits per heavy atom. The maximum Gasteiger partial charge on any atom is 0.243 e. The van der Waals surface area contributed by atoms with Crippen molar-refractivity contribution in [2.75, 3.05) is 0 Å². The smallest absolute Gasteiger partial charge is 0.243 e. The largest absolute Gasteiger partial charge is 0.462 e. The van der Waals surface area contributed by atoms with Gasteiger partial charge in [0.15, 0.2) is 11.5 Å². The number of aromatic nitrogens is 3. The van der Waals surface area contributed by atoms with E-state index in [2.05, 4.69) is 31.1 Å². The molecule has 0 N–H and O–H groups in total. The van der Waals surface area contributed by atoms with Crippen molar-refractivity contribution in [2.45, 2.75) is 39.4 Å². The van der Waals surface area contributed by atoms with Gasteiger partial charge in [-0.05, 0) is 54.3 Å². The van der Waals surface area contributed by atoms with Gasteiger partial charge in [0.1, 0.15) is 16.7 Å². The highest BCUT2D eigenvalue weighted by Gasteiger charge is 2.19. The SMILES string of the molecule is CCC(C)Cc1ccc(OC2CC=CO2)c(-n2nc3ccc(C(=O)c4ccccc4)cc3n2)c1. The number of rotatable bonds is 8. The fourth-order valence-electron chi connectivity index (χ4n) is 4.00. The van der Waals surface area contributed by atoms with E-state index in [1.807, 2.05) is 48.5 Å². The zero-order chi connectivity index (χ0) is 23.5. The first kappa shape index (κ1) is 21.9. The topological polar surface area (TPSA) is 66.2 Å². The van der Waals surface area contributed by atoms with E-state index in [9.17, 15) is 4.79 Å². The molecular weight excluding hydrogens is 426 g/mol. The standard InChI is InChI=1S/C28H27N3O3/c1-3-19(2)16-20-11-14-26(34-27-10-7-15-33-27)25(17-20)31-29-23-13-12-22(18-24(23)30-31)28(32)21-8-5-4-6-9-21/h4-9,11-15,17-19,27H,3,10,16H2,1-2H3. The molecule has 2 heterocycles. The lowest BCUT2D eigenvalue weighted by Crippen LogP contribution is -2.16. The van der Waals surface area contributed by atoms with Gasteiger partial charge in [-0.15, -0.1) is 15.0 Å². The van der Waals surface area contributed by atoms with Crippen molar-refractivity contribution in [3.05, 3.63) is 95.8 Å². The van der Waals surface area contributed by atoms with Gasteiger partial charge in [-0.3, -0.25) is 4.79 Å². The van der Waals surface area contributed by atoms with E-state index in [1.165, 1.54) is 5.56 Å². The first-order valence-corrected chi connectivity index (χ1v) is 11.7. The molecule has 172 valence electrons. The van der Waals surface area contributed by atoms with Crippen LogP contribution in [-0.4, -0.2) is 27.1 Å². The summed E-state index contributed by atoms with van der Waals surface area (Å²) in [5, 5.41) is 9.40. The van der Waals surface area contributed by atoms with Crippen LogP contribution >= 0.6 is 0 Å². The van der Waals surface area contributed by atoms with Crippen LogP contribution in [0.2, 0.25) is 0 Å². The molecule has 5 rings (SSSR count). The average molecular weight is 454 g/mol. The Morgan fingerprint density at radius 2 is 1.88 bits per heavy atom. The Bertz CT molecular complexity index is 1340. The molecule has 1 aromatic heterocycles. The lowest BCUT2D eigenvalue weighted by Gasteiger charge is -2.17. The first-order chi connectivity index (χ1) is 16.6. The molecule has 0 bridgehead atoms. The first-order valence-electron chi connectivity index (χ1n) is 11.7. The van der Waals surface area contributed by atoms with E-state index < -0.39 is 0 Å². The molecule has 0 radical (unpaired) electrons. The molecule has 0 aliphatic carbocycles. The Kier molecular flexibility index (Phi) is 6.12. The summed E-state index contributed by atoms with van der Waals surface area (Å²) >= 11 is 0. The predicted molar refractivity (Wildman–Crippen MR) is 131 cm³/mol.